The molecule has 35 heavy (non-hydrogen) atoms. The maximum atomic E-state index is 13.1. The standard InChI is InChI=1S/C24H23F3N6O2/c1-14(16-10-17(24(25,26)27)13-18(28)11-16)31-23(35)21-6-7-22(34)33(32-21)19-5-3-4-15(12-19)20(29)8-9-30-2/h3-14,29-30H,28H2,1-2H3,(H,31,35)/b9-8-,29-20?/t14-/m1/s1. The lowest BCUT2D eigenvalue weighted by Crippen LogP contribution is -2.31. The maximum absolute atomic E-state index is 13.1. The molecule has 0 saturated carbocycles. The minimum absolute atomic E-state index is 0.0855. The number of nitrogens with one attached hydrogen (secondary N) is 3. The molecular formula is C24H23F3N6O2. The molecule has 3 rings (SSSR count). The lowest BCUT2D eigenvalue weighted by atomic mass is 10.0. The number of alkyl halides is 3. The van der Waals surface area contributed by atoms with Crippen LogP contribution in [-0.2, 0) is 6.18 Å². The molecular weight excluding hydrogens is 461 g/mol. The van der Waals surface area contributed by atoms with Crippen LogP contribution in [0.4, 0.5) is 18.9 Å². The molecule has 0 aliphatic heterocycles. The van der Waals surface area contributed by atoms with Gasteiger partial charge in [-0.3, -0.25) is 9.59 Å². The Morgan fingerprint density at radius 1 is 1.17 bits per heavy atom. The molecule has 1 atom stereocenters. The molecule has 0 aliphatic carbocycles. The number of hydrogen-bond donors (Lipinski definition) is 4. The van der Waals surface area contributed by atoms with Crippen molar-refractivity contribution in [3.05, 3.63) is 99.6 Å². The second kappa shape index (κ2) is 10.2. The van der Waals surface area contributed by atoms with E-state index in [1.807, 2.05) is 0 Å². The number of carbonyl (C=O) groups is 1. The van der Waals surface area contributed by atoms with Crippen LogP contribution in [0, 0.1) is 5.41 Å². The van der Waals surface area contributed by atoms with Gasteiger partial charge in [0.05, 0.1) is 23.0 Å². The fourth-order valence-corrected chi connectivity index (χ4v) is 3.23. The first-order chi connectivity index (χ1) is 16.5. The number of benzene rings is 2. The summed E-state index contributed by atoms with van der Waals surface area (Å²) in [6.07, 6.45) is -1.46. The molecule has 0 aliphatic rings. The molecule has 0 unspecified atom stereocenters. The number of carbonyl (C=O) groups excluding carboxylic acids is 1. The summed E-state index contributed by atoms with van der Waals surface area (Å²) in [5.41, 5.74) is 5.20. The highest BCUT2D eigenvalue weighted by atomic mass is 19.4. The Morgan fingerprint density at radius 3 is 2.60 bits per heavy atom. The predicted molar refractivity (Wildman–Crippen MR) is 127 cm³/mol. The minimum Gasteiger partial charge on any atom is -0.399 e. The van der Waals surface area contributed by atoms with Crippen molar-refractivity contribution in [1.29, 1.82) is 5.41 Å². The molecule has 2 aromatic carbocycles. The van der Waals surface area contributed by atoms with E-state index >= 15 is 0 Å². The van der Waals surface area contributed by atoms with Crippen molar-refractivity contribution in [3.8, 4) is 5.69 Å². The monoisotopic (exact) mass is 484 g/mol. The van der Waals surface area contributed by atoms with Crippen molar-refractivity contribution < 1.29 is 18.0 Å². The van der Waals surface area contributed by atoms with E-state index in [0.717, 1.165) is 22.9 Å². The van der Waals surface area contributed by atoms with Gasteiger partial charge in [0, 0.05) is 24.4 Å². The molecule has 1 aromatic heterocycles. The van der Waals surface area contributed by atoms with Crippen molar-refractivity contribution in [2.75, 3.05) is 12.8 Å². The SMILES string of the molecule is CN/C=C\C(=N)c1cccc(-n2nc(C(=O)N[C@H](C)c3cc(N)cc(C(F)(F)F)c3)ccc2=O)c1. The second-order valence-corrected chi connectivity index (χ2v) is 7.64. The first-order valence-corrected chi connectivity index (χ1v) is 10.4. The number of hydrogen-bond acceptors (Lipinski definition) is 6. The number of rotatable bonds is 7. The van der Waals surface area contributed by atoms with Crippen LogP contribution in [0.2, 0.25) is 0 Å². The van der Waals surface area contributed by atoms with E-state index in [1.54, 1.807) is 43.6 Å². The van der Waals surface area contributed by atoms with Crippen molar-refractivity contribution in [2.24, 2.45) is 0 Å². The smallest absolute Gasteiger partial charge is 0.399 e. The van der Waals surface area contributed by atoms with E-state index in [1.165, 1.54) is 19.1 Å². The Balaban J connectivity index is 1.87. The van der Waals surface area contributed by atoms with Crippen LogP contribution in [0.3, 0.4) is 0 Å². The number of nitrogens with zero attached hydrogens (tertiary/aromatic N) is 2. The molecule has 1 heterocycles. The summed E-state index contributed by atoms with van der Waals surface area (Å²) in [5.74, 6) is -0.692. The number of allylic oxidation sites excluding steroid dienone is 1. The Bertz CT molecular complexity index is 1350. The van der Waals surface area contributed by atoms with Crippen LogP contribution in [0.5, 0.6) is 0 Å². The van der Waals surface area contributed by atoms with Gasteiger partial charge in [-0.1, -0.05) is 12.1 Å². The van der Waals surface area contributed by atoms with E-state index in [2.05, 4.69) is 15.7 Å². The summed E-state index contributed by atoms with van der Waals surface area (Å²) < 4.78 is 40.4. The molecule has 0 saturated heterocycles. The molecule has 11 heteroatoms. The number of aromatic nitrogens is 2. The summed E-state index contributed by atoms with van der Waals surface area (Å²) in [5, 5.41) is 17.6. The average Bonchev–Trinajstić information content (AvgIpc) is 2.81. The zero-order valence-electron chi connectivity index (χ0n) is 18.9. The van der Waals surface area contributed by atoms with Crippen LogP contribution in [-0.4, -0.2) is 28.4 Å². The van der Waals surface area contributed by atoms with E-state index in [-0.39, 0.29) is 22.7 Å². The van der Waals surface area contributed by atoms with Gasteiger partial charge >= 0.3 is 6.18 Å². The third-order valence-corrected chi connectivity index (χ3v) is 5.00. The van der Waals surface area contributed by atoms with Gasteiger partial charge in [0.2, 0.25) is 0 Å². The summed E-state index contributed by atoms with van der Waals surface area (Å²) in [6, 6.07) is 11.2. The summed E-state index contributed by atoms with van der Waals surface area (Å²) >= 11 is 0. The Hall–Kier alpha value is -4.41. The van der Waals surface area contributed by atoms with Gasteiger partial charge in [-0.05, 0) is 61.2 Å². The molecule has 0 radical (unpaired) electrons. The molecule has 3 aromatic rings. The minimum atomic E-state index is -4.58. The van der Waals surface area contributed by atoms with Crippen molar-refractivity contribution in [1.82, 2.24) is 20.4 Å². The first kappa shape index (κ1) is 25.2. The third-order valence-electron chi connectivity index (χ3n) is 5.00. The first-order valence-electron chi connectivity index (χ1n) is 10.4. The number of nitrogens with two attached hydrogens (primary N) is 1. The molecule has 0 spiro atoms. The second-order valence-electron chi connectivity index (χ2n) is 7.64. The summed E-state index contributed by atoms with van der Waals surface area (Å²) in [6.45, 7) is 1.51. The fraction of sp³-hybridized carbons (Fsp3) is 0.167. The highest BCUT2D eigenvalue weighted by Gasteiger charge is 2.31. The van der Waals surface area contributed by atoms with E-state index in [4.69, 9.17) is 11.1 Å². The van der Waals surface area contributed by atoms with Gasteiger partial charge in [0.1, 0.15) is 5.69 Å². The topological polar surface area (TPSA) is 126 Å². The van der Waals surface area contributed by atoms with Gasteiger partial charge in [0.25, 0.3) is 11.5 Å². The number of anilines is 1. The van der Waals surface area contributed by atoms with Crippen LogP contribution >= 0.6 is 0 Å². The average molecular weight is 484 g/mol. The number of amides is 1. The lowest BCUT2D eigenvalue weighted by molar-refractivity contribution is -0.137. The zero-order valence-corrected chi connectivity index (χ0v) is 18.9. The predicted octanol–water partition coefficient (Wildman–Crippen LogP) is 3.43. The normalized spacial score (nSPS) is 12.4. The maximum Gasteiger partial charge on any atom is 0.416 e. The summed E-state index contributed by atoms with van der Waals surface area (Å²) in [7, 11) is 1.70. The van der Waals surface area contributed by atoms with E-state index < -0.39 is 29.2 Å². The van der Waals surface area contributed by atoms with Crippen molar-refractivity contribution >= 4 is 17.3 Å². The number of nitrogen functional groups attached to an aromatic ring is 1. The molecule has 8 nitrogen and oxygen atoms in total. The van der Waals surface area contributed by atoms with Crippen LogP contribution < -0.4 is 21.9 Å². The van der Waals surface area contributed by atoms with Crippen molar-refractivity contribution in [2.45, 2.75) is 19.1 Å². The van der Waals surface area contributed by atoms with Gasteiger partial charge in [-0.2, -0.15) is 23.0 Å². The quantitative estimate of drug-likeness (QED) is 0.302. The Kier molecular flexibility index (Phi) is 7.38. The lowest BCUT2D eigenvalue weighted by Gasteiger charge is -2.17. The van der Waals surface area contributed by atoms with Crippen LogP contribution in [0.25, 0.3) is 5.69 Å². The van der Waals surface area contributed by atoms with Crippen LogP contribution in [0.15, 0.2) is 71.7 Å². The Labute approximate surface area is 198 Å². The third kappa shape index (κ3) is 6.14. The molecule has 5 N–H and O–H groups in total. The van der Waals surface area contributed by atoms with Crippen molar-refractivity contribution in [3.63, 3.8) is 0 Å². The van der Waals surface area contributed by atoms with E-state index in [9.17, 15) is 22.8 Å². The molecule has 0 bridgehead atoms. The zero-order chi connectivity index (χ0) is 25.8. The molecule has 0 fully saturated rings. The largest absolute Gasteiger partial charge is 0.416 e. The summed E-state index contributed by atoms with van der Waals surface area (Å²) in [4.78, 5) is 25.2. The van der Waals surface area contributed by atoms with Crippen LogP contribution in [0.1, 0.15) is 40.1 Å². The van der Waals surface area contributed by atoms with Gasteiger partial charge in [0.15, 0.2) is 0 Å². The number of halogens is 3. The van der Waals surface area contributed by atoms with E-state index in [0.29, 0.717) is 11.3 Å². The van der Waals surface area contributed by atoms with Gasteiger partial charge in [-0.25, -0.2) is 0 Å². The molecule has 182 valence electrons. The van der Waals surface area contributed by atoms with Gasteiger partial charge < -0.3 is 21.8 Å². The van der Waals surface area contributed by atoms with Gasteiger partial charge in [-0.15, -0.1) is 0 Å². The highest BCUT2D eigenvalue weighted by Crippen LogP contribution is 2.32. The molecule has 1 amide bonds. The fourth-order valence-electron chi connectivity index (χ4n) is 3.23. The highest BCUT2D eigenvalue weighted by molar-refractivity contribution is 6.06. The Morgan fingerprint density at radius 2 is 1.91 bits per heavy atom.